The van der Waals surface area contributed by atoms with Crippen LogP contribution in [0.4, 0.5) is 13.2 Å². The molecule has 1 heterocycles. The van der Waals surface area contributed by atoms with Crippen LogP contribution in [0.2, 0.25) is 0 Å². The molecule has 2 rings (SSSR count). The Morgan fingerprint density at radius 1 is 1.32 bits per heavy atom. The van der Waals surface area contributed by atoms with Crippen molar-refractivity contribution in [1.82, 2.24) is 4.90 Å². The van der Waals surface area contributed by atoms with Gasteiger partial charge in [0.05, 0.1) is 11.7 Å². The molecule has 2 fully saturated rings. The van der Waals surface area contributed by atoms with Crippen LogP contribution in [0.5, 0.6) is 0 Å². The summed E-state index contributed by atoms with van der Waals surface area (Å²) in [7, 11) is 1.44. The van der Waals surface area contributed by atoms with Crippen LogP contribution >= 0.6 is 0 Å². The fraction of sp³-hybridized carbons (Fsp3) is 1.00. The van der Waals surface area contributed by atoms with Crippen LogP contribution in [-0.4, -0.2) is 54.1 Å². The maximum atomic E-state index is 13.2. The second-order valence-electron chi connectivity index (χ2n) is 5.88. The van der Waals surface area contributed by atoms with Crippen molar-refractivity contribution in [3.8, 4) is 0 Å². The number of nitrogens with zero attached hydrogens (tertiary/aromatic N) is 1. The normalized spacial score (nSPS) is 29.1. The Morgan fingerprint density at radius 2 is 1.95 bits per heavy atom. The molecule has 19 heavy (non-hydrogen) atoms. The van der Waals surface area contributed by atoms with Crippen LogP contribution < -0.4 is 0 Å². The molecule has 1 saturated carbocycles. The molecule has 0 aromatic rings. The molecule has 0 spiro atoms. The zero-order valence-electron chi connectivity index (χ0n) is 11.2. The minimum atomic E-state index is -4.32. The third-order valence-electron chi connectivity index (χ3n) is 4.21. The van der Waals surface area contributed by atoms with E-state index in [1.54, 1.807) is 0 Å². The van der Waals surface area contributed by atoms with E-state index in [4.69, 9.17) is 4.74 Å². The summed E-state index contributed by atoms with van der Waals surface area (Å²) in [6.07, 6.45) is -1.04. The van der Waals surface area contributed by atoms with E-state index >= 15 is 0 Å². The summed E-state index contributed by atoms with van der Waals surface area (Å²) >= 11 is 0. The number of rotatable bonds is 4. The van der Waals surface area contributed by atoms with Gasteiger partial charge in [-0.1, -0.05) is 12.8 Å². The highest BCUT2D eigenvalue weighted by Gasteiger charge is 2.50. The molecule has 0 amide bonds. The highest BCUT2D eigenvalue weighted by Crippen LogP contribution is 2.35. The number of aliphatic hydroxyl groups is 1. The fourth-order valence-electron chi connectivity index (χ4n) is 3.35. The first kappa shape index (κ1) is 15.1. The van der Waals surface area contributed by atoms with E-state index in [0.717, 1.165) is 12.8 Å². The van der Waals surface area contributed by atoms with Gasteiger partial charge in [0.1, 0.15) is 6.04 Å². The second-order valence-corrected chi connectivity index (χ2v) is 5.88. The quantitative estimate of drug-likeness (QED) is 0.858. The Morgan fingerprint density at radius 3 is 2.42 bits per heavy atom. The van der Waals surface area contributed by atoms with E-state index in [0.29, 0.717) is 32.3 Å². The Bertz CT molecular complexity index is 297. The number of likely N-dealkylation sites (N-methyl/N-ethyl adjacent to an activating group) is 1. The summed E-state index contributed by atoms with van der Waals surface area (Å²) in [5.41, 5.74) is -0.961. The zero-order valence-corrected chi connectivity index (χ0v) is 11.2. The molecule has 2 atom stereocenters. The number of hydrogen-bond donors (Lipinski definition) is 1. The number of hydrogen-bond acceptors (Lipinski definition) is 3. The van der Waals surface area contributed by atoms with Crippen molar-refractivity contribution in [2.75, 3.05) is 20.2 Å². The topological polar surface area (TPSA) is 32.7 Å². The largest absolute Gasteiger partial charge is 0.406 e. The fourth-order valence-corrected chi connectivity index (χ4v) is 3.35. The van der Waals surface area contributed by atoms with E-state index in [-0.39, 0.29) is 6.54 Å². The Labute approximate surface area is 111 Å². The third-order valence-corrected chi connectivity index (χ3v) is 4.21. The monoisotopic (exact) mass is 281 g/mol. The van der Waals surface area contributed by atoms with E-state index in [1.165, 1.54) is 11.9 Å². The molecule has 0 bridgehead atoms. The lowest BCUT2D eigenvalue weighted by molar-refractivity contribution is -0.211. The van der Waals surface area contributed by atoms with Gasteiger partial charge in [0.2, 0.25) is 0 Å². The second kappa shape index (κ2) is 5.58. The van der Waals surface area contributed by atoms with Crippen LogP contribution in [0.25, 0.3) is 0 Å². The van der Waals surface area contributed by atoms with Crippen LogP contribution in [0.1, 0.15) is 38.5 Å². The van der Waals surface area contributed by atoms with Crippen molar-refractivity contribution < 1.29 is 23.0 Å². The van der Waals surface area contributed by atoms with Gasteiger partial charge >= 0.3 is 6.18 Å². The maximum absolute atomic E-state index is 13.2. The molecule has 2 unspecified atom stereocenters. The van der Waals surface area contributed by atoms with Crippen LogP contribution in [0.3, 0.4) is 0 Å². The number of alkyl halides is 3. The highest BCUT2D eigenvalue weighted by atomic mass is 19.4. The first-order valence-corrected chi connectivity index (χ1v) is 6.93. The summed E-state index contributed by atoms with van der Waals surface area (Å²) in [6, 6.07) is -1.61. The molecule has 0 aromatic carbocycles. The van der Waals surface area contributed by atoms with Gasteiger partial charge in [-0.25, -0.2) is 0 Å². The molecule has 6 heteroatoms. The van der Waals surface area contributed by atoms with Crippen LogP contribution in [0, 0.1) is 0 Å². The third kappa shape index (κ3) is 3.61. The van der Waals surface area contributed by atoms with Crippen LogP contribution in [-0.2, 0) is 4.74 Å². The molecule has 1 saturated heterocycles. The van der Waals surface area contributed by atoms with Crippen molar-refractivity contribution in [3.05, 3.63) is 0 Å². The zero-order chi connectivity index (χ0) is 14.1. The van der Waals surface area contributed by atoms with Crippen molar-refractivity contribution in [1.29, 1.82) is 0 Å². The lowest BCUT2D eigenvalue weighted by Crippen LogP contribution is -2.55. The average Bonchev–Trinajstić information content (AvgIpc) is 2.88. The molecular weight excluding hydrogens is 259 g/mol. The first-order chi connectivity index (χ1) is 8.82. The molecule has 1 aliphatic carbocycles. The van der Waals surface area contributed by atoms with Gasteiger partial charge in [-0.15, -0.1) is 0 Å². The molecule has 2 aliphatic rings. The van der Waals surface area contributed by atoms with Gasteiger partial charge in [-0.2, -0.15) is 13.2 Å². The summed E-state index contributed by atoms with van der Waals surface area (Å²) in [5, 5.41) is 10.3. The number of ether oxygens (including phenoxy) is 1. The minimum absolute atomic E-state index is 0.0665. The summed E-state index contributed by atoms with van der Waals surface area (Å²) in [4.78, 5) is 1.24. The summed E-state index contributed by atoms with van der Waals surface area (Å²) in [6.45, 7) is 0.465. The molecule has 112 valence electrons. The minimum Gasteiger partial charge on any atom is -0.389 e. The van der Waals surface area contributed by atoms with Gasteiger partial charge in [0, 0.05) is 13.2 Å². The predicted molar refractivity (Wildman–Crippen MR) is 64.9 cm³/mol. The SMILES string of the molecule is CN(CC1(O)CCCC1)C(C1CCCO1)C(F)(F)F. The van der Waals surface area contributed by atoms with Crippen LogP contribution in [0.15, 0.2) is 0 Å². The van der Waals surface area contributed by atoms with Crippen molar-refractivity contribution in [2.45, 2.75) is 62.4 Å². The Balaban J connectivity index is 2.04. The molecule has 3 nitrogen and oxygen atoms in total. The maximum Gasteiger partial charge on any atom is 0.406 e. The summed E-state index contributed by atoms with van der Waals surface area (Å²) in [5.74, 6) is 0. The van der Waals surface area contributed by atoms with Crippen molar-refractivity contribution in [2.24, 2.45) is 0 Å². The smallest absolute Gasteiger partial charge is 0.389 e. The molecule has 1 N–H and O–H groups in total. The number of halogens is 3. The molecule has 0 aromatic heterocycles. The Kier molecular flexibility index (Phi) is 4.42. The van der Waals surface area contributed by atoms with E-state index < -0.39 is 23.9 Å². The van der Waals surface area contributed by atoms with Gasteiger partial charge < -0.3 is 9.84 Å². The lowest BCUT2D eigenvalue weighted by Gasteiger charge is -2.37. The van der Waals surface area contributed by atoms with E-state index in [2.05, 4.69) is 0 Å². The lowest BCUT2D eigenvalue weighted by atomic mass is 9.99. The first-order valence-electron chi connectivity index (χ1n) is 6.93. The van der Waals surface area contributed by atoms with Gasteiger partial charge in [0.15, 0.2) is 0 Å². The molecular formula is C13H22F3NO2. The molecule has 1 aliphatic heterocycles. The van der Waals surface area contributed by atoms with Gasteiger partial charge in [-0.3, -0.25) is 4.90 Å². The van der Waals surface area contributed by atoms with Crippen molar-refractivity contribution in [3.63, 3.8) is 0 Å². The van der Waals surface area contributed by atoms with E-state index in [9.17, 15) is 18.3 Å². The summed E-state index contributed by atoms with van der Waals surface area (Å²) < 4.78 is 44.9. The standard InChI is InChI=1S/C13H22F3NO2/c1-17(9-12(18)6-2-3-7-12)11(13(14,15)16)10-5-4-8-19-10/h10-11,18H,2-9H2,1H3. The van der Waals surface area contributed by atoms with Gasteiger partial charge in [0.25, 0.3) is 0 Å². The van der Waals surface area contributed by atoms with Crippen molar-refractivity contribution >= 4 is 0 Å². The Hall–Kier alpha value is -0.330. The van der Waals surface area contributed by atoms with E-state index in [1.807, 2.05) is 0 Å². The average molecular weight is 281 g/mol. The molecule has 0 radical (unpaired) electrons. The van der Waals surface area contributed by atoms with Gasteiger partial charge in [-0.05, 0) is 32.7 Å². The highest BCUT2D eigenvalue weighted by molar-refractivity contribution is 4.93. The predicted octanol–water partition coefficient (Wildman–Crippen LogP) is 2.33.